The van der Waals surface area contributed by atoms with Crippen molar-refractivity contribution in [2.75, 3.05) is 27.3 Å². The van der Waals surface area contributed by atoms with Crippen LogP contribution in [0.3, 0.4) is 0 Å². The van der Waals surface area contributed by atoms with Crippen LogP contribution in [-0.2, 0) is 13.0 Å². The SMILES string of the molecule is C=C(C)CNC(=NCc1ccc(OC)cc1OC)NCCc1ccco1.I. The average Bonchev–Trinajstić information content (AvgIpc) is 3.16. The van der Waals surface area contributed by atoms with Crippen LogP contribution >= 0.6 is 24.0 Å². The van der Waals surface area contributed by atoms with Crippen LogP contribution in [0.4, 0.5) is 0 Å². The van der Waals surface area contributed by atoms with Crippen LogP contribution in [0.15, 0.2) is 58.2 Å². The fraction of sp³-hybridized carbons (Fsp3) is 0.350. The number of nitrogens with zero attached hydrogens (tertiary/aromatic N) is 1. The van der Waals surface area contributed by atoms with E-state index in [1.807, 2.05) is 37.3 Å². The number of ether oxygens (including phenoxy) is 2. The third kappa shape index (κ3) is 7.94. The van der Waals surface area contributed by atoms with Gasteiger partial charge in [-0.25, -0.2) is 4.99 Å². The number of hydrogen-bond donors (Lipinski definition) is 2. The minimum absolute atomic E-state index is 0. The van der Waals surface area contributed by atoms with Gasteiger partial charge in [0.2, 0.25) is 0 Å². The summed E-state index contributed by atoms with van der Waals surface area (Å²) in [4.78, 5) is 4.65. The third-order valence-electron chi connectivity index (χ3n) is 3.70. The molecule has 1 heterocycles. The summed E-state index contributed by atoms with van der Waals surface area (Å²) in [5.41, 5.74) is 2.02. The Balaban J connectivity index is 0.00000364. The van der Waals surface area contributed by atoms with E-state index in [9.17, 15) is 0 Å². The topological polar surface area (TPSA) is 68.0 Å². The summed E-state index contributed by atoms with van der Waals surface area (Å²) in [6.45, 7) is 7.75. The summed E-state index contributed by atoms with van der Waals surface area (Å²) in [7, 11) is 3.28. The van der Waals surface area contributed by atoms with Gasteiger partial charge < -0.3 is 24.5 Å². The maximum absolute atomic E-state index is 5.43. The molecular weight excluding hydrogens is 457 g/mol. The molecule has 27 heavy (non-hydrogen) atoms. The highest BCUT2D eigenvalue weighted by Gasteiger charge is 2.06. The van der Waals surface area contributed by atoms with Crippen molar-refractivity contribution < 1.29 is 13.9 Å². The molecule has 148 valence electrons. The third-order valence-corrected chi connectivity index (χ3v) is 3.70. The van der Waals surface area contributed by atoms with Gasteiger partial charge in [-0.1, -0.05) is 12.2 Å². The fourth-order valence-corrected chi connectivity index (χ4v) is 2.31. The molecule has 0 aliphatic heterocycles. The van der Waals surface area contributed by atoms with Gasteiger partial charge >= 0.3 is 0 Å². The maximum Gasteiger partial charge on any atom is 0.191 e. The van der Waals surface area contributed by atoms with Gasteiger partial charge in [-0.05, 0) is 31.2 Å². The quantitative estimate of drug-likeness (QED) is 0.245. The molecule has 0 amide bonds. The van der Waals surface area contributed by atoms with Crippen LogP contribution < -0.4 is 20.1 Å². The molecule has 0 saturated heterocycles. The summed E-state index contributed by atoms with van der Waals surface area (Å²) in [5, 5.41) is 6.59. The molecule has 0 spiro atoms. The minimum Gasteiger partial charge on any atom is -0.497 e. The second-order valence-electron chi connectivity index (χ2n) is 5.91. The van der Waals surface area contributed by atoms with Crippen LogP contribution in [0.5, 0.6) is 11.5 Å². The van der Waals surface area contributed by atoms with Crippen molar-refractivity contribution in [1.82, 2.24) is 10.6 Å². The number of methoxy groups -OCH3 is 2. The summed E-state index contributed by atoms with van der Waals surface area (Å²) >= 11 is 0. The Labute approximate surface area is 178 Å². The minimum atomic E-state index is 0. The van der Waals surface area contributed by atoms with Crippen molar-refractivity contribution in [3.8, 4) is 11.5 Å². The van der Waals surface area contributed by atoms with Crippen LogP contribution in [0.25, 0.3) is 0 Å². The van der Waals surface area contributed by atoms with Crippen molar-refractivity contribution in [3.05, 3.63) is 60.1 Å². The molecule has 1 aromatic heterocycles. The molecule has 7 heteroatoms. The van der Waals surface area contributed by atoms with E-state index in [4.69, 9.17) is 13.9 Å². The van der Waals surface area contributed by atoms with Crippen molar-refractivity contribution in [2.24, 2.45) is 4.99 Å². The fourth-order valence-electron chi connectivity index (χ4n) is 2.31. The summed E-state index contributed by atoms with van der Waals surface area (Å²) in [6, 6.07) is 9.57. The van der Waals surface area contributed by atoms with Gasteiger partial charge in [-0.3, -0.25) is 0 Å². The van der Waals surface area contributed by atoms with E-state index in [1.165, 1.54) is 0 Å². The number of benzene rings is 1. The Hall–Kier alpha value is -2.16. The van der Waals surface area contributed by atoms with Gasteiger partial charge in [-0.15, -0.1) is 24.0 Å². The first-order valence-electron chi connectivity index (χ1n) is 8.52. The predicted molar refractivity (Wildman–Crippen MR) is 119 cm³/mol. The van der Waals surface area contributed by atoms with Crippen LogP contribution in [0.1, 0.15) is 18.2 Å². The van der Waals surface area contributed by atoms with E-state index in [0.29, 0.717) is 13.1 Å². The largest absolute Gasteiger partial charge is 0.497 e. The molecule has 0 aliphatic carbocycles. The van der Waals surface area contributed by atoms with Crippen LogP contribution in [0.2, 0.25) is 0 Å². The summed E-state index contributed by atoms with van der Waals surface area (Å²) in [6.07, 6.45) is 2.46. The average molecular weight is 485 g/mol. The van der Waals surface area contributed by atoms with Crippen LogP contribution in [-0.4, -0.2) is 33.3 Å². The maximum atomic E-state index is 5.43. The van der Waals surface area contributed by atoms with Gasteiger partial charge in [0.1, 0.15) is 17.3 Å². The highest BCUT2D eigenvalue weighted by Crippen LogP contribution is 2.25. The molecule has 0 radical (unpaired) electrons. The van der Waals surface area contributed by atoms with Gasteiger partial charge in [0.05, 0.1) is 27.0 Å². The Morgan fingerprint density at radius 3 is 2.63 bits per heavy atom. The Morgan fingerprint density at radius 2 is 2.00 bits per heavy atom. The number of furan rings is 1. The normalized spacial score (nSPS) is 10.7. The molecule has 1 aromatic carbocycles. The van der Waals surface area contributed by atoms with Gasteiger partial charge in [-0.2, -0.15) is 0 Å². The molecule has 2 rings (SSSR count). The second kappa shape index (κ2) is 12.3. The van der Waals surface area contributed by atoms with E-state index in [2.05, 4.69) is 22.2 Å². The predicted octanol–water partition coefficient (Wildman–Crippen LogP) is 3.77. The molecule has 0 saturated carbocycles. The molecule has 0 unspecified atom stereocenters. The molecule has 2 aromatic rings. The van der Waals surface area contributed by atoms with E-state index >= 15 is 0 Å². The smallest absolute Gasteiger partial charge is 0.191 e. The number of aliphatic imine (C=N–C) groups is 1. The first-order chi connectivity index (χ1) is 12.6. The molecular formula is C20H28IN3O3. The molecule has 0 aliphatic rings. The number of guanidine groups is 1. The summed E-state index contributed by atoms with van der Waals surface area (Å²) < 4.78 is 16.0. The number of halogens is 1. The lowest BCUT2D eigenvalue weighted by Crippen LogP contribution is -2.39. The number of hydrogen-bond acceptors (Lipinski definition) is 4. The zero-order valence-electron chi connectivity index (χ0n) is 16.1. The van der Waals surface area contributed by atoms with Gasteiger partial charge in [0, 0.05) is 31.1 Å². The van der Waals surface area contributed by atoms with Gasteiger partial charge in [0.25, 0.3) is 0 Å². The first-order valence-corrected chi connectivity index (χ1v) is 8.52. The van der Waals surface area contributed by atoms with Crippen LogP contribution in [0, 0.1) is 0 Å². The Kier molecular flexibility index (Phi) is 10.4. The first kappa shape index (κ1) is 22.9. The summed E-state index contributed by atoms with van der Waals surface area (Å²) in [5.74, 6) is 3.17. The van der Waals surface area contributed by atoms with Gasteiger partial charge in [0.15, 0.2) is 5.96 Å². The Bertz CT molecular complexity index is 730. The lowest BCUT2D eigenvalue weighted by atomic mass is 10.2. The zero-order valence-corrected chi connectivity index (χ0v) is 18.4. The zero-order chi connectivity index (χ0) is 18.8. The van der Waals surface area contributed by atoms with E-state index in [-0.39, 0.29) is 24.0 Å². The molecule has 0 fully saturated rings. The molecule has 6 nitrogen and oxygen atoms in total. The van der Waals surface area contributed by atoms with Crippen molar-refractivity contribution in [2.45, 2.75) is 19.9 Å². The number of nitrogens with one attached hydrogen (secondary N) is 2. The van der Waals surface area contributed by atoms with Crippen molar-refractivity contribution >= 4 is 29.9 Å². The van der Waals surface area contributed by atoms with Crippen molar-refractivity contribution in [3.63, 3.8) is 0 Å². The second-order valence-corrected chi connectivity index (χ2v) is 5.91. The number of rotatable bonds is 9. The highest BCUT2D eigenvalue weighted by atomic mass is 127. The van der Waals surface area contributed by atoms with Crippen molar-refractivity contribution in [1.29, 1.82) is 0 Å². The van der Waals surface area contributed by atoms with E-state index in [0.717, 1.165) is 47.3 Å². The standard InChI is InChI=1S/C20H27N3O3.HI/c1-15(2)13-22-20(21-10-9-17-6-5-11-26-17)23-14-16-7-8-18(24-3)12-19(16)25-4;/h5-8,11-12H,1,9-10,13-14H2,2-4H3,(H2,21,22,23);1H. The monoisotopic (exact) mass is 485 g/mol. The highest BCUT2D eigenvalue weighted by molar-refractivity contribution is 14.0. The lowest BCUT2D eigenvalue weighted by Gasteiger charge is -2.13. The van der Waals surface area contributed by atoms with E-state index < -0.39 is 0 Å². The molecule has 0 bridgehead atoms. The Morgan fingerprint density at radius 1 is 1.19 bits per heavy atom. The van der Waals surface area contributed by atoms with E-state index in [1.54, 1.807) is 20.5 Å². The lowest BCUT2D eigenvalue weighted by molar-refractivity contribution is 0.391. The molecule has 0 atom stereocenters. The molecule has 2 N–H and O–H groups in total.